The minimum atomic E-state index is -0.611. The van der Waals surface area contributed by atoms with Crippen LogP contribution in [0.5, 0.6) is 11.5 Å². The topological polar surface area (TPSA) is 82.1 Å². The Morgan fingerprint density at radius 2 is 1.63 bits per heavy atom. The first-order valence-corrected chi connectivity index (χ1v) is 8.72. The molecule has 1 saturated carbocycles. The van der Waals surface area contributed by atoms with Gasteiger partial charge >= 0.3 is 5.97 Å². The molecule has 2 amide bonds. The lowest BCUT2D eigenvalue weighted by Gasteiger charge is -2.19. The van der Waals surface area contributed by atoms with E-state index in [-0.39, 0.29) is 17.0 Å². The van der Waals surface area contributed by atoms with Crippen LogP contribution in [-0.4, -0.2) is 36.1 Å². The number of hydroxylamine groups is 2. The van der Waals surface area contributed by atoms with Gasteiger partial charge in [0.05, 0.1) is 17.0 Å². The van der Waals surface area contributed by atoms with E-state index in [0.29, 0.717) is 36.2 Å². The second kappa shape index (κ2) is 5.84. The summed E-state index contributed by atoms with van der Waals surface area (Å²) in [5.74, 6) is -0.861. The number of benzene rings is 2. The maximum atomic E-state index is 12.5. The monoisotopic (exact) mass is 365 g/mol. The van der Waals surface area contributed by atoms with Crippen molar-refractivity contribution in [2.24, 2.45) is 5.92 Å². The SMILES string of the molecule is O=C(ON1C(=O)c2ccccc2C1=O)[C@@H]1C[C@H]1c1ccc2c(c1)OCCO2. The summed E-state index contributed by atoms with van der Waals surface area (Å²) >= 11 is 0. The number of fused-ring (bicyclic) bond motifs is 2. The quantitative estimate of drug-likeness (QED) is 0.777. The zero-order valence-electron chi connectivity index (χ0n) is 14.2. The number of carbonyl (C=O) groups excluding carboxylic acids is 3. The van der Waals surface area contributed by atoms with Crippen molar-refractivity contribution < 1.29 is 28.7 Å². The van der Waals surface area contributed by atoms with Crippen molar-refractivity contribution in [3.8, 4) is 11.5 Å². The lowest BCUT2D eigenvalue weighted by atomic mass is 10.1. The Bertz CT molecular complexity index is 949. The first-order valence-electron chi connectivity index (χ1n) is 8.72. The van der Waals surface area contributed by atoms with E-state index in [9.17, 15) is 14.4 Å². The Morgan fingerprint density at radius 1 is 0.963 bits per heavy atom. The van der Waals surface area contributed by atoms with E-state index in [1.165, 1.54) is 0 Å². The molecule has 2 atom stereocenters. The van der Waals surface area contributed by atoms with Gasteiger partial charge in [-0.3, -0.25) is 9.59 Å². The molecule has 1 fully saturated rings. The highest BCUT2D eigenvalue weighted by Gasteiger charge is 2.48. The molecule has 27 heavy (non-hydrogen) atoms. The van der Waals surface area contributed by atoms with E-state index in [2.05, 4.69) is 0 Å². The second-order valence-corrected chi connectivity index (χ2v) is 6.71. The number of carbonyl (C=O) groups is 3. The first-order chi connectivity index (χ1) is 13.1. The highest BCUT2D eigenvalue weighted by atomic mass is 16.7. The van der Waals surface area contributed by atoms with Crippen LogP contribution in [0.2, 0.25) is 0 Å². The largest absolute Gasteiger partial charge is 0.486 e. The first kappa shape index (κ1) is 15.9. The van der Waals surface area contributed by atoms with Crippen LogP contribution in [0.4, 0.5) is 0 Å². The molecular weight excluding hydrogens is 350 g/mol. The number of hydrogen-bond donors (Lipinski definition) is 0. The van der Waals surface area contributed by atoms with Gasteiger partial charge in [0.15, 0.2) is 11.5 Å². The molecule has 3 aliphatic rings. The molecule has 0 radical (unpaired) electrons. The molecule has 0 N–H and O–H groups in total. The molecule has 7 nitrogen and oxygen atoms in total. The fourth-order valence-corrected chi connectivity index (χ4v) is 3.52. The predicted molar refractivity (Wildman–Crippen MR) is 91.3 cm³/mol. The fraction of sp³-hybridized carbons (Fsp3) is 0.250. The standard InChI is InChI=1S/C20H15NO6/c22-18-12-3-1-2-4-13(12)19(23)21(18)27-20(24)15-10-14(15)11-5-6-16-17(9-11)26-8-7-25-16/h1-6,9,14-15H,7-8,10H2/t14-,15+/m0/s1. The van der Waals surface area contributed by atoms with Crippen LogP contribution in [0.25, 0.3) is 0 Å². The summed E-state index contributed by atoms with van der Waals surface area (Å²) in [6.45, 7) is 1.01. The van der Waals surface area contributed by atoms with Crippen molar-refractivity contribution >= 4 is 17.8 Å². The Hall–Kier alpha value is -3.35. The van der Waals surface area contributed by atoms with E-state index < -0.39 is 23.7 Å². The predicted octanol–water partition coefficient (Wildman–Crippen LogP) is 2.32. The number of amides is 2. The summed E-state index contributed by atoms with van der Waals surface area (Å²) in [5.41, 5.74) is 1.44. The van der Waals surface area contributed by atoms with Crippen molar-refractivity contribution in [2.45, 2.75) is 12.3 Å². The van der Waals surface area contributed by atoms with Crippen LogP contribution < -0.4 is 9.47 Å². The van der Waals surface area contributed by atoms with Gasteiger partial charge in [-0.1, -0.05) is 23.3 Å². The zero-order chi connectivity index (χ0) is 18.5. The van der Waals surface area contributed by atoms with Crippen LogP contribution in [0, 0.1) is 5.92 Å². The molecule has 0 unspecified atom stereocenters. The second-order valence-electron chi connectivity index (χ2n) is 6.71. The molecule has 0 saturated heterocycles. The summed E-state index contributed by atoms with van der Waals surface area (Å²) in [6, 6.07) is 12.0. The Labute approximate surface area is 154 Å². The molecule has 2 aromatic rings. The maximum absolute atomic E-state index is 12.5. The molecule has 2 aliphatic heterocycles. The van der Waals surface area contributed by atoms with E-state index in [1.54, 1.807) is 24.3 Å². The molecule has 0 spiro atoms. The van der Waals surface area contributed by atoms with Crippen molar-refractivity contribution in [1.29, 1.82) is 0 Å². The van der Waals surface area contributed by atoms with Gasteiger partial charge in [0.1, 0.15) is 13.2 Å². The molecule has 2 heterocycles. The molecular formula is C20H15NO6. The summed E-state index contributed by atoms with van der Waals surface area (Å²) < 4.78 is 11.1. The lowest BCUT2D eigenvalue weighted by Crippen LogP contribution is -2.33. The Morgan fingerprint density at radius 3 is 2.33 bits per heavy atom. The molecule has 0 aromatic heterocycles. The van der Waals surface area contributed by atoms with Gasteiger partial charge < -0.3 is 14.3 Å². The minimum absolute atomic E-state index is 0.0245. The number of ether oxygens (including phenoxy) is 2. The van der Waals surface area contributed by atoms with Crippen molar-refractivity contribution in [1.82, 2.24) is 5.06 Å². The molecule has 7 heteroatoms. The van der Waals surface area contributed by atoms with Gasteiger partial charge in [-0.25, -0.2) is 4.79 Å². The zero-order valence-corrected chi connectivity index (χ0v) is 14.2. The van der Waals surface area contributed by atoms with Crippen molar-refractivity contribution in [2.75, 3.05) is 13.2 Å². The van der Waals surface area contributed by atoms with Crippen LogP contribution >= 0.6 is 0 Å². The van der Waals surface area contributed by atoms with Crippen molar-refractivity contribution in [3.63, 3.8) is 0 Å². The average Bonchev–Trinajstić information content (AvgIpc) is 3.47. The maximum Gasteiger partial charge on any atom is 0.336 e. The minimum Gasteiger partial charge on any atom is -0.486 e. The highest BCUT2D eigenvalue weighted by Crippen LogP contribution is 2.50. The highest BCUT2D eigenvalue weighted by molar-refractivity contribution is 6.20. The smallest absolute Gasteiger partial charge is 0.336 e. The fourth-order valence-electron chi connectivity index (χ4n) is 3.52. The van der Waals surface area contributed by atoms with Crippen LogP contribution in [-0.2, 0) is 9.63 Å². The molecule has 136 valence electrons. The van der Waals surface area contributed by atoms with Crippen molar-refractivity contribution in [3.05, 3.63) is 59.2 Å². The summed E-state index contributed by atoms with van der Waals surface area (Å²) in [4.78, 5) is 42.2. The third kappa shape index (κ3) is 2.54. The van der Waals surface area contributed by atoms with Gasteiger partial charge in [0.2, 0.25) is 0 Å². The number of nitrogens with zero attached hydrogens (tertiary/aromatic N) is 1. The van der Waals surface area contributed by atoms with Gasteiger partial charge in [0.25, 0.3) is 11.8 Å². The van der Waals surface area contributed by atoms with E-state index >= 15 is 0 Å². The number of hydrogen-bond acceptors (Lipinski definition) is 6. The van der Waals surface area contributed by atoms with Crippen LogP contribution in [0.1, 0.15) is 38.6 Å². The third-order valence-corrected chi connectivity index (χ3v) is 5.03. The molecule has 2 aromatic carbocycles. The third-order valence-electron chi connectivity index (χ3n) is 5.03. The summed E-state index contributed by atoms with van der Waals surface area (Å²) in [6.07, 6.45) is 0.599. The van der Waals surface area contributed by atoms with Gasteiger partial charge in [0, 0.05) is 0 Å². The summed E-state index contributed by atoms with van der Waals surface area (Å²) in [7, 11) is 0. The molecule has 1 aliphatic carbocycles. The van der Waals surface area contributed by atoms with Crippen LogP contribution in [0.3, 0.4) is 0 Å². The average molecular weight is 365 g/mol. The van der Waals surface area contributed by atoms with Gasteiger partial charge in [-0.05, 0) is 42.2 Å². The van der Waals surface area contributed by atoms with Gasteiger partial charge in [-0.15, -0.1) is 0 Å². The van der Waals surface area contributed by atoms with E-state index in [1.807, 2.05) is 18.2 Å². The normalized spacial score (nSPS) is 22.4. The number of rotatable bonds is 3. The summed E-state index contributed by atoms with van der Waals surface area (Å²) in [5, 5.41) is 0.562. The number of imide groups is 1. The van der Waals surface area contributed by atoms with E-state index in [0.717, 1.165) is 5.56 Å². The molecule has 0 bridgehead atoms. The Balaban J connectivity index is 1.29. The lowest BCUT2D eigenvalue weighted by molar-refractivity contribution is -0.170. The van der Waals surface area contributed by atoms with Crippen LogP contribution in [0.15, 0.2) is 42.5 Å². The van der Waals surface area contributed by atoms with E-state index in [4.69, 9.17) is 14.3 Å². The Kier molecular flexibility index (Phi) is 3.43. The molecule has 5 rings (SSSR count). The van der Waals surface area contributed by atoms with Gasteiger partial charge in [-0.2, -0.15) is 0 Å².